The van der Waals surface area contributed by atoms with Gasteiger partial charge in [0.05, 0.1) is 0 Å². The molecular weight excluding hydrogens is 396 g/mol. The van der Waals surface area contributed by atoms with Crippen LogP contribution in [0.4, 0.5) is 0 Å². The lowest BCUT2D eigenvalue weighted by molar-refractivity contribution is 0.294. The monoisotopic (exact) mass is 444 g/mol. The summed E-state index contributed by atoms with van der Waals surface area (Å²) in [5.41, 5.74) is 14.4. The molecule has 4 N–H and O–H groups in total. The Hall–Kier alpha value is -1.92. The molecule has 2 unspecified atom stereocenters. The number of hydrogen-bond donors (Lipinski definition) is 2. The third kappa shape index (κ3) is 10.6. The van der Waals surface area contributed by atoms with Gasteiger partial charge in [-0.3, -0.25) is 9.98 Å². The van der Waals surface area contributed by atoms with Crippen LogP contribution in [0.15, 0.2) is 34.3 Å². The van der Waals surface area contributed by atoms with Crippen LogP contribution < -0.4 is 11.5 Å². The highest BCUT2D eigenvalue weighted by molar-refractivity contribution is 6.01. The quantitative estimate of drug-likeness (QED) is 0.297. The van der Waals surface area contributed by atoms with E-state index in [4.69, 9.17) is 21.5 Å². The van der Waals surface area contributed by atoms with Crippen LogP contribution in [0.3, 0.4) is 0 Å². The van der Waals surface area contributed by atoms with Gasteiger partial charge in [0.15, 0.2) is 0 Å². The van der Waals surface area contributed by atoms with Gasteiger partial charge in [0, 0.05) is 23.2 Å². The molecule has 0 aliphatic rings. The Morgan fingerprint density at radius 3 is 1.28 bits per heavy atom. The Labute approximate surface area is 197 Å². The third-order valence-corrected chi connectivity index (χ3v) is 6.18. The Bertz CT molecular complexity index is 615. The molecule has 0 saturated heterocycles. The van der Waals surface area contributed by atoms with Crippen LogP contribution in [-0.2, 0) is 0 Å². The number of rotatable bonds is 16. The van der Waals surface area contributed by atoms with Crippen LogP contribution >= 0.6 is 0 Å². The van der Waals surface area contributed by atoms with Crippen LogP contribution in [0.25, 0.3) is 0 Å². The van der Waals surface area contributed by atoms with Gasteiger partial charge in [-0.2, -0.15) is 0 Å². The molecule has 1 aromatic rings. The molecule has 0 heterocycles. The fraction of sp³-hybridized carbons (Fsp3) is 0.692. The standard InChI is InChI=1S/C26H48N6/c1-7-31(8-2)19-11-13-21(5)29-25(27)23-15-17-24(18-16-23)26(28)30-22(6)14-12-20-32(9-3)10-4/h15-18,21-22H,7-14,19-20H2,1-6H3,(H2,27,29)(H2,28,30). The zero-order valence-corrected chi connectivity index (χ0v) is 21.5. The topological polar surface area (TPSA) is 83.2 Å². The molecule has 0 fully saturated rings. The summed E-state index contributed by atoms with van der Waals surface area (Å²) in [6.45, 7) is 19.7. The number of aliphatic imine (C=N–C) groups is 2. The Morgan fingerprint density at radius 1 is 0.688 bits per heavy atom. The fourth-order valence-corrected chi connectivity index (χ4v) is 3.87. The Balaban J connectivity index is 2.59. The molecule has 1 rings (SSSR count). The van der Waals surface area contributed by atoms with Gasteiger partial charge in [-0.15, -0.1) is 0 Å². The molecule has 2 atom stereocenters. The van der Waals surface area contributed by atoms with Crippen LogP contribution in [0.5, 0.6) is 0 Å². The van der Waals surface area contributed by atoms with E-state index in [0.29, 0.717) is 11.7 Å². The second-order valence-corrected chi connectivity index (χ2v) is 8.64. The molecule has 0 aromatic heterocycles. The lowest BCUT2D eigenvalue weighted by atomic mass is 10.1. The average molecular weight is 445 g/mol. The largest absolute Gasteiger partial charge is 0.383 e. The van der Waals surface area contributed by atoms with Crippen molar-refractivity contribution in [2.45, 2.75) is 79.3 Å². The van der Waals surface area contributed by atoms with Crippen LogP contribution in [0, 0.1) is 0 Å². The number of nitrogens with zero attached hydrogens (tertiary/aromatic N) is 4. The minimum absolute atomic E-state index is 0.217. The summed E-state index contributed by atoms with van der Waals surface area (Å²) in [5, 5.41) is 0. The summed E-state index contributed by atoms with van der Waals surface area (Å²) in [4.78, 5) is 14.3. The van der Waals surface area contributed by atoms with E-state index in [9.17, 15) is 0 Å². The highest BCUT2D eigenvalue weighted by Gasteiger charge is 2.08. The molecular formula is C26H48N6. The maximum absolute atomic E-state index is 6.26. The summed E-state index contributed by atoms with van der Waals surface area (Å²) in [7, 11) is 0. The van der Waals surface area contributed by atoms with Crippen LogP contribution in [-0.4, -0.2) is 72.8 Å². The van der Waals surface area contributed by atoms with E-state index in [0.717, 1.165) is 76.1 Å². The van der Waals surface area contributed by atoms with E-state index >= 15 is 0 Å². The van der Waals surface area contributed by atoms with Gasteiger partial charge < -0.3 is 21.3 Å². The van der Waals surface area contributed by atoms with Gasteiger partial charge >= 0.3 is 0 Å². The molecule has 182 valence electrons. The van der Waals surface area contributed by atoms with Crippen molar-refractivity contribution in [3.8, 4) is 0 Å². The van der Waals surface area contributed by atoms with E-state index in [-0.39, 0.29) is 12.1 Å². The lowest BCUT2D eigenvalue weighted by Crippen LogP contribution is -2.25. The highest BCUT2D eigenvalue weighted by Crippen LogP contribution is 2.10. The zero-order valence-electron chi connectivity index (χ0n) is 21.5. The van der Waals surface area contributed by atoms with Crippen molar-refractivity contribution in [2.75, 3.05) is 39.3 Å². The van der Waals surface area contributed by atoms with Gasteiger partial charge in [-0.25, -0.2) is 0 Å². The van der Waals surface area contributed by atoms with Gasteiger partial charge in [0.2, 0.25) is 0 Å². The summed E-state index contributed by atoms with van der Waals surface area (Å²) in [6, 6.07) is 8.39. The Morgan fingerprint density at radius 2 is 1.00 bits per heavy atom. The number of hydrogen-bond acceptors (Lipinski definition) is 4. The maximum atomic E-state index is 6.26. The number of benzene rings is 1. The average Bonchev–Trinajstić information content (AvgIpc) is 2.79. The lowest BCUT2D eigenvalue weighted by Gasteiger charge is -2.18. The smallest absolute Gasteiger partial charge is 0.125 e. The summed E-state index contributed by atoms with van der Waals surface area (Å²) >= 11 is 0. The number of amidine groups is 2. The van der Waals surface area contributed by atoms with Gasteiger partial charge in [-0.05, 0) is 78.8 Å². The first-order chi connectivity index (χ1) is 15.3. The molecule has 0 spiro atoms. The molecule has 0 bridgehead atoms. The minimum Gasteiger partial charge on any atom is -0.383 e. The first-order valence-electron chi connectivity index (χ1n) is 12.6. The summed E-state index contributed by atoms with van der Waals surface area (Å²) in [5.74, 6) is 1.18. The van der Waals surface area contributed by atoms with Crippen molar-refractivity contribution in [1.82, 2.24) is 9.80 Å². The molecule has 0 radical (unpaired) electrons. The van der Waals surface area contributed by atoms with E-state index in [2.05, 4.69) is 51.3 Å². The fourth-order valence-electron chi connectivity index (χ4n) is 3.87. The highest BCUT2D eigenvalue weighted by atomic mass is 15.1. The van der Waals surface area contributed by atoms with Crippen molar-refractivity contribution >= 4 is 11.7 Å². The minimum atomic E-state index is 0.217. The molecule has 0 aliphatic carbocycles. The second-order valence-electron chi connectivity index (χ2n) is 8.64. The Kier molecular flexibility index (Phi) is 13.9. The molecule has 6 heteroatoms. The first kappa shape index (κ1) is 28.1. The van der Waals surface area contributed by atoms with Crippen LogP contribution in [0.1, 0.15) is 78.4 Å². The SMILES string of the molecule is CCN(CC)CCCC(C)N=C(N)c1ccc(C(N)=NC(C)CCCN(CC)CC)cc1. The van der Waals surface area contributed by atoms with Gasteiger partial charge in [-0.1, -0.05) is 52.0 Å². The van der Waals surface area contributed by atoms with Crippen molar-refractivity contribution in [3.05, 3.63) is 35.4 Å². The van der Waals surface area contributed by atoms with Crippen molar-refractivity contribution in [2.24, 2.45) is 21.5 Å². The second kappa shape index (κ2) is 15.8. The van der Waals surface area contributed by atoms with E-state index in [1.54, 1.807) is 0 Å². The van der Waals surface area contributed by atoms with E-state index in [1.165, 1.54) is 0 Å². The predicted molar refractivity (Wildman–Crippen MR) is 141 cm³/mol. The first-order valence-corrected chi connectivity index (χ1v) is 12.6. The maximum Gasteiger partial charge on any atom is 0.125 e. The van der Waals surface area contributed by atoms with Crippen molar-refractivity contribution in [1.29, 1.82) is 0 Å². The van der Waals surface area contributed by atoms with Gasteiger partial charge in [0.1, 0.15) is 11.7 Å². The molecule has 0 saturated carbocycles. The van der Waals surface area contributed by atoms with E-state index in [1.807, 2.05) is 24.3 Å². The molecule has 6 nitrogen and oxygen atoms in total. The summed E-state index contributed by atoms with van der Waals surface area (Å²) < 4.78 is 0. The van der Waals surface area contributed by atoms with E-state index < -0.39 is 0 Å². The van der Waals surface area contributed by atoms with Gasteiger partial charge in [0.25, 0.3) is 0 Å². The molecule has 0 aliphatic heterocycles. The summed E-state index contributed by atoms with van der Waals surface area (Å²) in [6.07, 6.45) is 4.36. The van der Waals surface area contributed by atoms with Crippen molar-refractivity contribution < 1.29 is 0 Å². The predicted octanol–water partition coefficient (Wildman–Crippen LogP) is 4.12. The molecule has 1 aromatic carbocycles. The van der Waals surface area contributed by atoms with Crippen LogP contribution in [0.2, 0.25) is 0 Å². The van der Waals surface area contributed by atoms with Crippen molar-refractivity contribution in [3.63, 3.8) is 0 Å². The number of nitrogens with two attached hydrogens (primary N) is 2. The third-order valence-electron chi connectivity index (χ3n) is 6.18. The normalized spacial score (nSPS) is 14.9. The molecule has 32 heavy (non-hydrogen) atoms. The zero-order chi connectivity index (χ0) is 23.9. The molecule has 0 amide bonds.